The first-order chi connectivity index (χ1) is 13.6. The average Bonchev–Trinajstić information content (AvgIpc) is 2.74. The molecule has 144 valence electrons. The molecule has 0 radical (unpaired) electrons. The highest BCUT2D eigenvalue weighted by atomic mass is 32.2. The summed E-state index contributed by atoms with van der Waals surface area (Å²) < 4.78 is 26.9. The molecular weight excluding hydrogens is 374 g/mol. The van der Waals surface area contributed by atoms with Crippen LogP contribution in [0.4, 0.5) is 11.4 Å². The third-order valence-electron chi connectivity index (χ3n) is 4.97. The van der Waals surface area contributed by atoms with Crippen LogP contribution in [0, 0.1) is 0 Å². The first-order valence-corrected chi connectivity index (χ1v) is 10.6. The van der Waals surface area contributed by atoms with Crippen molar-refractivity contribution in [1.29, 1.82) is 0 Å². The summed E-state index contributed by atoms with van der Waals surface area (Å²) in [7, 11) is -3.82. The monoisotopic (exact) mass is 395 g/mol. The number of anilines is 2. The van der Waals surface area contributed by atoms with Gasteiger partial charge in [0.05, 0.1) is 10.6 Å². The Bertz CT molecular complexity index is 1110. The van der Waals surface area contributed by atoms with E-state index in [2.05, 4.69) is 15.5 Å². The minimum Gasteiger partial charge on any atom is -0.368 e. The Balaban J connectivity index is 2.01. The number of fused-ring (bicyclic) bond motifs is 1. The molecule has 1 heterocycles. The zero-order valence-corrected chi connectivity index (χ0v) is 16.1. The van der Waals surface area contributed by atoms with Crippen LogP contribution >= 0.6 is 0 Å². The Kier molecular flexibility index (Phi) is 5.02. The first kappa shape index (κ1) is 18.5. The van der Waals surface area contributed by atoms with Crippen molar-refractivity contribution in [3.8, 4) is 0 Å². The smallest absolute Gasteiger partial charge is 0.211 e. The van der Waals surface area contributed by atoms with Crippen molar-refractivity contribution < 1.29 is 13.2 Å². The minimum atomic E-state index is -3.82. The van der Waals surface area contributed by atoms with Crippen molar-refractivity contribution in [2.24, 2.45) is 0 Å². The summed E-state index contributed by atoms with van der Waals surface area (Å²) in [4.78, 5) is 13.8. The van der Waals surface area contributed by atoms with Crippen LogP contribution in [0.2, 0.25) is 0 Å². The number of nitrogens with one attached hydrogen (secondary N) is 2. The molecule has 0 aliphatic carbocycles. The van der Waals surface area contributed by atoms with Crippen LogP contribution in [0.15, 0.2) is 70.5 Å². The van der Waals surface area contributed by atoms with Crippen LogP contribution in [-0.2, 0) is 14.6 Å². The Labute approximate surface area is 164 Å². The van der Waals surface area contributed by atoms with Crippen molar-refractivity contribution in [2.75, 3.05) is 36.4 Å². The van der Waals surface area contributed by atoms with Crippen molar-refractivity contribution in [1.82, 2.24) is 5.32 Å². The van der Waals surface area contributed by atoms with Crippen LogP contribution in [0.1, 0.15) is 0 Å². The molecule has 1 fully saturated rings. The number of sulfone groups is 1. The molecule has 0 unspecified atom stereocenters. The lowest BCUT2D eigenvalue weighted by Gasteiger charge is -2.31. The number of carbonyl (C=O) groups is 1. The quantitative estimate of drug-likeness (QED) is 0.650. The molecule has 0 atom stereocenters. The van der Waals surface area contributed by atoms with Gasteiger partial charge < -0.3 is 15.5 Å². The molecule has 0 saturated carbocycles. The normalized spacial score (nSPS) is 14.8. The summed E-state index contributed by atoms with van der Waals surface area (Å²) in [5.74, 6) is 0. The second kappa shape index (κ2) is 7.61. The number of rotatable bonds is 5. The lowest BCUT2D eigenvalue weighted by Crippen LogP contribution is -2.43. The third kappa shape index (κ3) is 3.23. The Morgan fingerprint density at radius 1 is 0.929 bits per heavy atom. The fourth-order valence-corrected chi connectivity index (χ4v) is 5.30. The topological polar surface area (TPSA) is 78.5 Å². The van der Waals surface area contributed by atoms with Gasteiger partial charge in [0.1, 0.15) is 4.90 Å². The van der Waals surface area contributed by atoms with Gasteiger partial charge >= 0.3 is 0 Å². The summed E-state index contributed by atoms with van der Waals surface area (Å²) in [5, 5.41) is 7.40. The van der Waals surface area contributed by atoms with Gasteiger partial charge in [-0.3, -0.25) is 4.79 Å². The minimum absolute atomic E-state index is 0.125. The summed E-state index contributed by atoms with van der Waals surface area (Å²) in [6, 6.07) is 17.5. The SMILES string of the molecule is O=CNc1cc(N2CCNCC2)c2ccccc2c1S(=O)(=O)c1ccccc1. The zero-order chi connectivity index (χ0) is 19.6. The molecule has 2 N–H and O–H groups in total. The van der Waals surface area contributed by atoms with Gasteiger partial charge in [-0.2, -0.15) is 0 Å². The number of nitrogens with zero attached hydrogens (tertiary/aromatic N) is 1. The summed E-state index contributed by atoms with van der Waals surface area (Å²) in [6.07, 6.45) is 0.523. The van der Waals surface area contributed by atoms with Crippen molar-refractivity contribution >= 4 is 38.4 Å². The second-order valence-electron chi connectivity index (χ2n) is 6.63. The number of amides is 1. The van der Waals surface area contributed by atoms with Gasteiger partial charge in [0, 0.05) is 42.6 Å². The molecule has 7 heteroatoms. The molecule has 0 spiro atoms. The van der Waals surface area contributed by atoms with Gasteiger partial charge in [-0.1, -0.05) is 42.5 Å². The third-order valence-corrected chi connectivity index (χ3v) is 6.84. The van der Waals surface area contributed by atoms with E-state index in [-0.39, 0.29) is 9.79 Å². The fourth-order valence-electron chi connectivity index (χ4n) is 3.67. The van der Waals surface area contributed by atoms with Gasteiger partial charge in [-0.25, -0.2) is 8.42 Å². The van der Waals surface area contributed by atoms with Gasteiger partial charge in [0.15, 0.2) is 0 Å². The van der Waals surface area contributed by atoms with Gasteiger partial charge in [-0.05, 0) is 18.2 Å². The predicted molar refractivity (Wildman–Crippen MR) is 111 cm³/mol. The maximum Gasteiger partial charge on any atom is 0.211 e. The summed E-state index contributed by atoms with van der Waals surface area (Å²) in [5.41, 5.74) is 1.22. The molecule has 1 aliphatic heterocycles. The number of carbonyl (C=O) groups excluding carboxylic acids is 1. The van der Waals surface area contributed by atoms with E-state index < -0.39 is 9.84 Å². The highest BCUT2D eigenvalue weighted by molar-refractivity contribution is 7.92. The van der Waals surface area contributed by atoms with Crippen LogP contribution < -0.4 is 15.5 Å². The van der Waals surface area contributed by atoms with Crippen LogP contribution in [0.3, 0.4) is 0 Å². The van der Waals surface area contributed by atoms with Crippen LogP contribution in [0.25, 0.3) is 10.8 Å². The zero-order valence-electron chi connectivity index (χ0n) is 15.3. The number of hydrogen-bond acceptors (Lipinski definition) is 5. The second-order valence-corrected chi connectivity index (χ2v) is 8.52. The van der Waals surface area contributed by atoms with E-state index in [4.69, 9.17) is 0 Å². The van der Waals surface area contributed by atoms with E-state index in [1.807, 2.05) is 18.2 Å². The highest BCUT2D eigenvalue weighted by Crippen LogP contribution is 2.40. The summed E-state index contributed by atoms with van der Waals surface area (Å²) >= 11 is 0. The van der Waals surface area contributed by atoms with E-state index in [0.717, 1.165) is 37.3 Å². The Morgan fingerprint density at radius 3 is 2.25 bits per heavy atom. The molecule has 0 aromatic heterocycles. The molecular formula is C21H21N3O3S. The number of hydrogen-bond donors (Lipinski definition) is 2. The lowest BCUT2D eigenvalue weighted by molar-refractivity contribution is -0.105. The largest absolute Gasteiger partial charge is 0.368 e. The molecule has 1 amide bonds. The van der Waals surface area contributed by atoms with Crippen molar-refractivity contribution in [3.05, 3.63) is 60.7 Å². The highest BCUT2D eigenvalue weighted by Gasteiger charge is 2.27. The van der Waals surface area contributed by atoms with E-state index >= 15 is 0 Å². The molecule has 1 saturated heterocycles. The molecule has 28 heavy (non-hydrogen) atoms. The van der Waals surface area contributed by atoms with Gasteiger partial charge in [-0.15, -0.1) is 0 Å². The van der Waals surface area contributed by atoms with Crippen LogP contribution in [0.5, 0.6) is 0 Å². The maximum absolute atomic E-state index is 13.5. The van der Waals surface area contributed by atoms with Crippen molar-refractivity contribution in [2.45, 2.75) is 9.79 Å². The average molecular weight is 395 g/mol. The molecule has 0 bridgehead atoms. The van der Waals surface area contributed by atoms with Crippen LogP contribution in [-0.4, -0.2) is 41.0 Å². The first-order valence-electron chi connectivity index (χ1n) is 9.14. The van der Waals surface area contributed by atoms with E-state index in [1.54, 1.807) is 42.5 Å². The van der Waals surface area contributed by atoms with E-state index in [9.17, 15) is 13.2 Å². The predicted octanol–water partition coefficient (Wildman–Crippen LogP) is 2.65. The van der Waals surface area contributed by atoms with Crippen molar-refractivity contribution in [3.63, 3.8) is 0 Å². The van der Waals surface area contributed by atoms with Gasteiger partial charge in [0.25, 0.3) is 0 Å². The van der Waals surface area contributed by atoms with E-state index in [1.165, 1.54) is 0 Å². The summed E-state index contributed by atoms with van der Waals surface area (Å²) in [6.45, 7) is 3.34. The molecule has 4 rings (SSSR count). The molecule has 3 aromatic rings. The molecule has 6 nitrogen and oxygen atoms in total. The van der Waals surface area contributed by atoms with E-state index in [0.29, 0.717) is 17.5 Å². The maximum atomic E-state index is 13.5. The van der Waals surface area contributed by atoms with Gasteiger partial charge in [0.2, 0.25) is 16.2 Å². The number of piperazine rings is 1. The fraction of sp³-hybridized carbons (Fsp3) is 0.190. The molecule has 3 aromatic carbocycles. The molecule has 1 aliphatic rings. The Hall–Kier alpha value is -2.90. The Morgan fingerprint density at radius 2 is 1.57 bits per heavy atom. The number of benzene rings is 3. The standard InChI is InChI=1S/C21H21N3O3S/c25-15-23-19-14-20(24-12-10-22-11-13-24)17-8-4-5-9-18(17)21(19)28(26,27)16-6-2-1-3-7-16/h1-9,14-15,22H,10-13H2,(H,23,25). The lowest BCUT2D eigenvalue weighted by atomic mass is 10.1.